The van der Waals surface area contributed by atoms with E-state index in [1.165, 1.54) is 5.56 Å². The van der Waals surface area contributed by atoms with Crippen molar-refractivity contribution in [1.82, 2.24) is 5.32 Å². The molecule has 0 amide bonds. The highest BCUT2D eigenvalue weighted by atomic mass is 16.5. The third kappa shape index (κ3) is 2.42. The molecule has 1 unspecified atom stereocenters. The average molecular weight is 265 g/mol. The molecule has 0 radical (unpaired) electrons. The molecule has 2 N–H and O–H groups in total. The molecule has 1 atom stereocenters. The molecule has 4 heteroatoms. The Morgan fingerprint density at radius 3 is 2.26 bits per heavy atom. The lowest BCUT2D eigenvalue weighted by Gasteiger charge is -2.27. The van der Waals surface area contributed by atoms with Crippen molar-refractivity contribution in [1.29, 1.82) is 0 Å². The van der Waals surface area contributed by atoms with Gasteiger partial charge < -0.3 is 19.9 Å². The summed E-state index contributed by atoms with van der Waals surface area (Å²) in [7, 11) is 5.23. The topological polar surface area (TPSA) is 50.7 Å². The zero-order chi connectivity index (χ0) is 14.0. The van der Waals surface area contributed by atoms with Gasteiger partial charge in [0.2, 0.25) is 0 Å². The van der Waals surface area contributed by atoms with E-state index in [0.717, 1.165) is 29.9 Å². The van der Waals surface area contributed by atoms with Crippen molar-refractivity contribution in [3.05, 3.63) is 23.3 Å². The summed E-state index contributed by atoms with van der Waals surface area (Å²) >= 11 is 0. The molecule has 1 aromatic carbocycles. The van der Waals surface area contributed by atoms with Gasteiger partial charge in [-0.15, -0.1) is 0 Å². The van der Waals surface area contributed by atoms with E-state index >= 15 is 0 Å². The molecule has 2 rings (SSSR count). The molecule has 1 fully saturated rings. The molecule has 106 valence electrons. The first-order valence-electron chi connectivity index (χ1n) is 6.62. The third-order valence-corrected chi connectivity index (χ3v) is 4.19. The first-order valence-corrected chi connectivity index (χ1v) is 6.62. The normalized spacial score (nSPS) is 17.9. The number of hydrogen-bond acceptors (Lipinski definition) is 4. The van der Waals surface area contributed by atoms with Crippen molar-refractivity contribution in [2.45, 2.75) is 25.8 Å². The number of nitrogens with one attached hydrogen (secondary N) is 1. The Bertz CT molecular complexity index is 455. The summed E-state index contributed by atoms with van der Waals surface area (Å²) < 4.78 is 10.7. The van der Waals surface area contributed by atoms with Gasteiger partial charge in [0, 0.05) is 11.5 Å². The average Bonchev–Trinajstić information content (AvgIpc) is 3.22. The van der Waals surface area contributed by atoms with Crippen LogP contribution in [0.5, 0.6) is 11.5 Å². The molecule has 0 spiro atoms. The highest BCUT2D eigenvalue weighted by Crippen LogP contribution is 2.55. The van der Waals surface area contributed by atoms with E-state index in [1.54, 1.807) is 14.2 Å². The van der Waals surface area contributed by atoms with E-state index in [0.29, 0.717) is 0 Å². The maximum Gasteiger partial charge on any atom is 0.161 e. The second-order valence-corrected chi connectivity index (χ2v) is 5.31. The Morgan fingerprint density at radius 2 is 1.84 bits per heavy atom. The fourth-order valence-electron chi connectivity index (χ4n) is 2.80. The fraction of sp³-hybridized carbons (Fsp3) is 0.600. The molecule has 0 bridgehead atoms. The van der Waals surface area contributed by atoms with E-state index in [2.05, 4.69) is 12.2 Å². The SMILES string of the molecule is CNC(c1cc(OC)c(OC)cc1C)C1(CO)CC1. The summed E-state index contributed by atoms with van der Waals surface area (Å²) in [5, 5.41) is 13.0. The number of methoxy groups -OCH3 is 2. The summed E-state index contributed by atoms with van der Waals surface area (Å²) in [6.07, 6.45) is 2.12. The number of hydrogen-bond donors (Lipinski definition) is 2. The number of ether oxygens (including phenoxy) is 2. The molecule has 1 aliphatic rings. The standard InChI is InChI=1S/C15H23NO3/c1-10-7-12(18-3)13(19-4)8-11(10)14(16-2)15(9-17)5-6-15/h7-8,14,16-17H,5-6,9H2,1-4H3. The first kappa shape index (κ1) is 14.2. The minimum Gasteiger partial charge on any atom is -0.493 e. The summed E-state index contributed by atoms with van der Waals surface area (Å²) in [5.74, 6) is 1.48. The van der Waals surface area contributed by atoms with Gasteiger partial charge in [0.25, 0.3) is 0 Å². The molecule has 0 aliphatic heterocycles. The summed E-state index contributed by atoms with van der Waals surface area (Å²) in [5.41, 5.74) is 2.31. The van der Waals surface area contributed by atoms with Crippen LogP contribution in [0.15, 0.2) is 12.1 Å². The molecule has 0 saturated heterocycles. The predicted molar refractivity (Wildman–Crippen MR) is 74.8 cm³/mol. The van der Waals surface area contributed by atoms with Gasteiger partial charge in [-0.1, -0.05) is 0 Å². The molecule has 1 aromatic rings. The molecule has 0 heterocycles. The van der Waals surface area contributed by atoms with Gasteiger partial charge in [-0.25, -0.2) is 0 Å². The molecule has 1 aliphatic carbocycles. The number of aliphatic hydroxyl groups is 1. The van der Waals surface area contributed by atoms with Gasteiger partial charge in [0.15, 0.2) is 11.5 Å². The van der Waals surface area contributed by atoms with E-state index in [9.17, 15) is 5.11 Å². The van der Waals surface area contributed by atoms with E-state index in [4.69, 9.17) is 9.47 Å². The van der Waals surface area contributed by atoms with Crippen LogP contribution in [0.4, 0.5) is 0 Å². The van der Waals surface area contributed by atoms with Gasteiger partial charge in [-0.3, -0.25) is 0 Å². The van der Waals surface area contributed by atoms with Gasteiger partial charge in [-0.05, 0) is 50.1 Å². The maximum absolute atomic E-state index is 9.64. The van der Waals surface area contributed by atoms with Crippen LogP contribution in [-0.4, -0.2) is 33.0 Å². The lowest BCUT2D eigenvalue weighted by Crippen LogP contribution is -2.29. The molecule has 1 saturated carbocycles. The van der Waals surface area contributed by atoms with Crippen LogP contribution in [-0.2, 0) is 0 Å². The highest BCUT2D eigenvalue weighted by Gasteiger charge is 2.49. The molecule has 0 aromatic heterocycles. The van der Waals surface area contributed by atoms with Crippen molar-refractivity contribution in [2.75, 3.05) is 27.9 Å². The predicted octanol–water partition coefficient (Wildman–Crippen LogP) is 2.05. The van der Waals surface area contributed by atoms with Crippen molar-refractivity contribution in [2.24, 2.45) is 5.41 Å². The maximum atomic E-state index is 9.64. The van der Waals surface area contributed by atoms with Crippen LogP contribution in [0.1, 0.15) is 30.0 Å². The monoisotopic (exact) mass is 265 g/mol. The van der Waals surface area contributed by atoms with Crippen LogP contribution in [0.25, 0.3) is 0 Å². The Balaban J connectivity index is 2.43. The van der Waals surface area contributed by atoms with Crippen LogP contribution in [0, 0.1) is 12.3 Å². The quantitative estimate of drug-likeness (QED) is 0.826. The largest absolute Gasteiger partial charge is 0.493 e. The van der Waals surface area contributed by atoms with E-state index in [1.807, 2.05) is 19.2 Å². The summed E-state index contributed by atoms with van der Waals surface area (Å²) in [4.78, 5) is 0. The van der Waals surface area contributed by atoms with Gasteiger partial charge in [0.05, 0.1) is 20.8 Å². The Kier molecular flexibility index (Phi) is 4.02. The molecule has 19 heavy (non-hydrogen) atoms. The minimum absolute atomic E-state index is 0.0148. The van der Waals surface area contributed by atoms with Gasteiger partial charge >= 0.3 is 0 Å². The molecule has 4 nitrogen and oxygen atoms in total. The van der Waals surface area contributed by atoms with Crippen molar-refractivity contribution >= 4 is 0 Å². The number of benzene rings is 1. The Labute approximate surface area is 114 Å². The van der Waals surface area contributed by atoms with Crippen LogP contribution in [0.3, 0.4) is 0 Å². The minimum atomic E-state index is -0.0148. The Hall–Kier alpha value is -1.26. The first-order chi connectivity index (χ1) is 9.11. The number of aliphatic hydroxyl groups excluding tert-OH is 1. The van der Waals surface area contributed by atoms with Crippen LogP contribution >= 0.6 is 0 Å². The lowest BCUT2D eigenvalue weighted by atomic mass is 9.88. The van der Waals surface area contributed by atoms with Crippen LogP contribution < -0.4 is 14.8 Å². The highest BCUT2D eigenvalue weighted by molar-refractivity contribution is 5.48. The van der Waals surface area contributed by atoms with Crippen molar-refractivity contribution in [3.8, 4) is 11.5 Å². The lowest BCUT2D eigenvalue weighted by molar-refractivity contribution is 0.175. The summed E-state index contributed by atoms with van der Waals surface area (Å²) in [6, 6.07) is 4.16. The summed E-state index contributed by atoms with van der Waals surface area (Å²) in [6.45, 7) is 2.28. The van der Waals surface area contributed by atoms with Gasteiger partial charge in [-0.2, -0.15) is 0 Å². The zero-order valence-electron chi connectivity index (χ0n) is 12.1. The third-order valence-electron chi connectivity index (χ3n) is 4.19. The zero-order valence-corrected chi connectivity index (χ0v) is 12.1. The molecular formula is C15H23NO3. The second kappa shape index (κ2) is 5.39. The van der Waals surface area contributed by atoms with Crippen LogP contribution in [0.2, 0.25) is 0 Å². The van der Waals surface area contributed by atoms with Crippen molar-refractivity contribution < 1.29 is 14.6 Å². The molecular weight excluding hydrogens is 242 g/mol. The van der Waals surface area contributed by atoms with E-state index < -0.39 is 0 Å². The van der Waals surface area contributed by atoms with Gasteiger partial charge in [0.1, 0.15) is 0 Å². The number of rotatable bonds is 6. The smallest absolute Gasteiger partial charge is 0.161 e. The second-order valence-electron chi connectivity index (χ2n) is 5.31. The fourth-order valence-corrected chi connectivity index (χ4v) is 2.80. The van der Waals surface area contributed by atoms with E-state index in [-0.39, 0.29) is 18.1 Å². The van der Waals surface area contributed by atoms with Crippen molar-refractivity contribution in [3.63, 3.8) is 0 Å². The number of aryl methyl sites for hydroxylation is 1. The Morgan fingerprint density at radius 1 is 1.26 bits per heavy atom.